The average molecular weight is 822 g/mol. The number of hydrogen-bond acceptors (Lipinski definition) is 10. The number of rotatable bonds is 22. The van der Waals surface area contributed by atoms with Crippen molar-refractivity contribution in [3.05, 3.63) is 0 Å². The number of nitrogens with zero attached hydrogens (tertiary/aromatic N) is 2. The Balaban J connectivity index is 1.74. The zero-order valence-corrected chi connectivity index (χ0v) is 35.1. The van der Waals surface area contributed by atoms with Crippen molar-refractivity contribution in [3.8, 4) is 0 Å². The molecule has 3 rings (SSSR count). The van der Waals surface area contributed by atoms with Gasteiger partial charge in [0.25, 0.3) is 0 Å². The number of carbonyl (C=O) groups is 7. The summed E-state index contributed by atoms with van der Waals surface area (Å²) in [6.45, 7) is 7.62. The standard InChI is InChI=1S/C41H71N7O10/c1-25(2)21-29(24-49)43-39(56)36(27(4)50)46-38(55)33-17-12-20-48(33)41(58)31(23-35(52)53)45-37(54)32-16-9-11-19-47(32)40(57)30(15-8-10-18-42)44-34(51)22-26(3)28-13-6-5-7-14-28/h25-33,36,49-50H,5-24,42H2,1-4H3,(H,43,56)(H,44,51)(H,45,54)(H,46,55)(H,52,53)/t26-,27+,29-,30-,31-,32-,33-,36-/m0/s1. The van der Waals surface area contributed by atoms with Crippen LogP contribution < -0.4 is 27.0 Å². The summed E-state index contributed by atoms with van der Waals surface area (Å²) >= 11 is 0. The lowest BCUT2D eigenvalue weighted by atomic mass is 9.79. The van der Waals surface area contributed by atoms with Crippen molar-refractivity contribution in [3.63, 3.8) is 0 Å². The maximum atomic E-state index is 14.2. The van der Waals surface area contributed by atoms with E-state index in [1.54, 1.807) is 0 Å². The van der Waals surface area contributed by atoms with E-state index in [0.29, 0.717) is 63.8 Å². The van der Waals surface area contributed by atoms with Crippen molar-refractivity contribution in [2.75, 3.05) is 26.2 Å². The third-order valence-electron chi connectivity index (χ3n) is 11.8. The lowest BCUT2D eigenvalue weighted by Crippen LogP contribution is -2.61. The average Bonchev–Trinajstić information content (AvgIpc) is 3.68. The minimum atomic E-state index is -1.57. The molecule has 1 aliphatic carbocycles. The van der Waals surface area contributed by atoms with Gasteiger partial charge in [-0.3, -0.25) is 33.6 Å². The molecule has 58 heavy (non-hydrogen) atoms. The number of nitrogens with one attached hydrogen (secondary N) is 4. The van der Waals surface area contributed by atoms with Gasteiger partial charge in [0.1, 0.15) is 30.2 Å². The van der Waals surface area contributed by atoms with Gasteiger partial charge in [-0.05, 0) is 89.0 Å². The van der Waals surface area contributed by atoms with Crippen LogP contribution in [0.25, 0.3) is 0 Å². The monoisotopic (exact) mass is 822 g/mol. The molecule has 0 aromatic carbocycles. The zero-order valence-electron chi connectivity index (χ0n) is 35.1. The van der Waals surface area contributed by atoms with Crippen molar-refractivity contribution in [1.29, 1.82) is 0 Å². The molecule has 6 amide bonds. The minimum Gasteiger partial charge on any atom is -0.481 e. The normalized spacial score (nSPS) is 21.9. The van der Waals surface area contributed by atoms with Gasteiger partial charge in [-0.15, -0.1) is 0 Å². The fourth-order valence-electron chi connectivity index (χ4n) is 8.67. The molecule has 2 aliphatic heterocycles. The van der Waals surface area contributed by atoms with Crippen LogP contribution in [0.15, 0.2) is 0 Å². The number of piperidine rings is 1. The van der Waals surface area contributed by atoms with E-state index in [-0.39, 0.29) is 50.3 Å². The van der Waals surface area contributed by atoms with Crippen LogP contribution in [0.1, 0.15) is 130 Å². The van der Waals surface area contributed by atoms with Crippen molar-refractivity contribution >= 4 is 41.4 Å². The summed E-state index contributed by atoms with van der Waals surface area (Å²) in [5.41, 5.74) is 5.73. The van der Waals surface area contributed by atoms with E-state index in [2.05, 4.69) is 28.2 Å². The third kappa shape index (κ3) is 14.8. The van der Waals surface area contributed by atoms with Crippen molar-refractivity contribution < 1.29 is 48.9 Å². The SMILES string of the molecule is CC(C)C[C@@H](CO)NC(=O)[C@@H](NC(=O)[C@@H]1CCCN1C(=O)[C@H](CC(=O)O)NC(=O)[C@@H]1CCCCN1C(=O)[C@H](CCCCN)NC(=O)C[C@H](C)C1CCCCC1)[C@@H](C)O. The van der Waals surface area contributed by atoms with Crippen LogP contribution in [-0.4, -0.2) is 135 Å². The summed E-state index contributed by atoms with van der Waals surface area (Å²) in [6, 6.07) is -6.61. The highest BCUT2D eigenvalue weighted by Crippen LogP contribution is 2.31. The molecule has 9 N–H and O–H groups in total. The highest BCUT2D eigenvalue weighted by molar-refractivity contribution is 5.98. The first-order valence-corrected chi connectivity index (χ1v) is 21.6. The lowest BCUT2D eigenvalue weighted by molar-refractivity contribution is -0.149. The van der Waals surface area contributed by atoms with Gasteiger partial charge >= 0.3 is 5.97 Å². The largest absolute Gasteiger partial charge is 0.481 e. The molecule has 0 spiro atoms. The number of likely N-dealkylation sites (tertiary alicyclic amines) is 2. The maximum absolute atomic E-state index is 14.2. The summed E-state index contributed by atoms with van der Waals surface area (Å²) in [4.78, 5) is 96.9. The predicted octanol–water partition coefficient (Wildman–Crippen LogP) is 0.927. The second-order valence-corrected chi connectivity index (χ2v) is 17.1. The van der Waals surface area contributed by atoms with Gasteiger partial charge in [-0.2, -0.15) is 0 Å². The molecule has 2 heterocycles. The Hall–Kier alpha value is -3.83. The smallest absolute Gasteiger partial charge is 0.305 e. The number of aliphatic carboxylic acids is 1. The van der Waals surface area contributed by atoms with Crippen LogP contribution in [0.2, 0.25) is 0 Å². The van der Waals surface area contributed by atoms with E-state index < -0.39 is 84.3 Å². The molecule has 0 aromatic rings. The van der Waals surface area contributed by atoms with E-state index >= 15 is 0 Å². The first kappa shape index (κ1) is 48.5. The lowest BCUT2D eigenvalue weighted by Gasteiger charge is -2.38. The number of carbonyl (C=O) groups excluding carboxylic acids is 6. The van der Waals surface area contributed by atoms with Gasteiger partial charge in [0.2, 0.25) is 35.4 Å². The molecule has 0 unspecified atom stereocenters. The summed E-state index contributed by atoms with van der Waals surface area (Å²) in [7, 11) is 0. The van der Waals surface area contributed by atoms with Crippen LogP contribution in [0.4, 0.5) is 0 Å². The van der Waals surface area contributed by atoms with Crippen LogP contribution in [0, 0.1) is 17.8 Å². The molecule has 2 saturated heterocycles. The first-order valence-electron chi connectivity index (χ1n) is 21.6. The van der Waals surface area contributed by atoms with E-state index in [0.717, 1.165) is 25.7 Å². The Labute approximate surface area is 343 Å². The Morgan fingerprint density at radius 3 is 1.88 bits per heavy atom. The number of unbranched alkanes of at least 4 members (excludes halogenated alkanes) is 1. The van der Waals surface area contributed by atoms with Gasteiger partial charge in [0.15, 0.2) is 0 Å². The molecule has 0 bridgehead atoms. The van der Waals surface area contributed by atoms with E-state index in [4.69, 9.17) is 5.73 Å². The van der Waals surface area contributed by atoms with Crippen molar-refractivity contribution in [2.24, 2.45) is 23.5 Å². The molecule has 330 valence electrons. The third-order valence-corrected chi connectivity index (χ3v) is 11.8. The number of aliphatic hydroxyl groups excluding tert-OH is 2. The number of hydrogen-bond donors (Lipinski definition) is 8. The number of nitrogens with two attached hydrogens (primary N) is 1. The minimum absolute atomic E-state index is 0.0764. The Morgan fingerprint density at radius 1 is 0.707 bits per heavy atom. The fourth-order valence-corrected chi connectivity index (χ4v) is 8.67. The highest BCUT2D eigenvalue weighted by Gasteiger charge is 2.42. The summed E-state index contributed by atoms with van der Waals surface area (Å²) in [5, 5.41) is 40.7. The molecule has 3 aliphatic rings. The van der Waals surface area contributed by atoms with E-state index in [9.17, 15) is 48.9 Å². The maximum Gasteiger partial charge on any atom is 0.305 e. The Bertz CT molecular complexity index is 1390. The first-order chi connectivity index (χ1) is 27.6. The molecular weight excluding hydrogens is 750 g/mol. The topological polar surface area (TPSA) is 261 Å². The molecule has 1 saturated carbocycles. The van der Waals surface area contributed by atoms with Gasteiger partial charge < -0.3 is 52.1 Å². The van der Waals surface area contributed by atoms with Gasteiger partial charge in [0.05, 0.1) is 25.2 Å². The number of carboxylic acids is 1. The van der Waals surface area contributed by atoms with Crippen LogP contribution in [-0.2, 0) is 33.6 Å². The van der Waals surface area contributed by atoms with Crippen molar-refractivity contribution in [2.45, 2.75) is 173 Å². The van der Waals surface area contributed by atoms with Gasteiger partial charge in [-0.1, -0.05) is 52.9 Å². The molecule has 8 atom stereocenters. The highest BCUT2D eigenvalue weighted by atomic mass is 16.4. The molecular formula is C41H71N7O10. The second kappa shape index (κ2) is 24.3. The second-order valence-electron chi connectivity index (χ2n) is 17.1. The molecule has 3 fully saturated rings. The number of carboxylic acid groups (broad SMARTS) is 1. The van der Waals surface area contributed by atoms with Gasteiger partial charge in [0, 0.05) is 19.5 Å². The van der Waals surface area contributed by atoms with Crippen molar-refractivity contribution in [1.82, 2.24) is 31.1 Å². The van der Waals surface area contributed by atoms with Crippen LogP contribution in [0.5, 0.6) is 0 Å². The summed E-state index contributed by atoms with van der Waals surface area (Å²) in [5.74, 6) is -4.21. The molecule has 17 nitrogen and oxygen atoms in total. The molecule has 0 radical (unpaired) electrons. The Kier molecular flexibility index (Phi) is 20.3. The van der Waals surface area contributed by atoms with Crippen LogP contribution >= 0.6 is 0 Å². The fraction of sp³-hybridized carbons (Fsp3) is 0.829. The van der Waals surface area contributed by atoms with Crippen LogP contribution in [0.3, 0.4) is 0 Å². The number of aliphatic hydroxyl groups is 2. The van der Waals surface area contributed by atoms with E-state index in [1.165, 1.54) is 23.1 Å². The molecule has 0 aromatic heterocycles. The predicted molar refractivity (Wildman–Crippen MR) is 216 cm³/mol. The van der Waals surface area contributed by atoms with Gasteiger partial charge in [-0.25, -0.2) is 0 Å². The Morgan fingerprint density at radius 2 is 1.29 bits per heavy atom. The molecule has 17 heteroatoms. The number of amides is 6. The summed E-state index contributed by atoms with van der Waals surface area (Å²) < 4.78 is 0. The zero-order chi connectivity index (χ0) is 42.9. The van der Waals surface area contributed by atoms with E-state index in [1.807, 2.05) is 13.8 Å². The summed E-state index contributed by atoms with van der Waals surface area (Å²) in [6.07, 6.45) is 7.93. The quantitative estimate of drug-likeness (QED) is 0.0713.